The number of ether oxygens (including phenoxy) is 1. The Bertz CT molecular complexity index is 1750. The van der Waals surface area contributed by atoms with Gasteiger partial charge >= 0.3 is 13.8 Å². The Morgan fingerprint density at radius 3 is 1.21 bits per heavy atom. The molecule has 10 heteroatoms. The van der Waals surface area contributed by atoms with E-state index in [9.17, 15) is 19.0 Å². The smallest absolute Gasteiger partial charge is 0.456 e. The molecule has 0 saturated heterocycles. The summed E-state index contributed by atoms with van der Waals surface area (Å²) in [5.74, 6) is -0.534. The van der Waals surface area contributed by atoms with Crippen LogP contribution >= 0.6 is 7.82 Å². The van der Waals surface area contributed by atoms with E-state index in [0.717, 1.165) is 122 Å². The van der Waals surface area contributed by atoms with Crippen molar-refractivity contribution in [3.8, 4) is 0 Å². The number of likely N-dealkylation sites (N-methyl/N-ethyl adjacent to an activating group) is 1. The van der Waals surface area contributed by atoms with Crippen molar-refractivity contribution in [3.63, 3.8) is 0 Å². The van der Waals surface area contributed by atoms with E-state index in [4.69, 9.17) is 13.8 Å². The largest absolute Gasteiger partial charge is 0.472 e. The first-order chi connectivity index (χ1) is 39.4. The topological polar surface area (TPSA) is 111 Å². The van der Waals surface area contributed by atoms with Crippen LogP contribution in [0.5, 0.6) is 0 Å². The predicted octanol–water partition coefficient (Wildman–Crippen LogP) is 20.9. The molecule has 0 aromatic carbocycles. The summed E-state index contributed by atoms with van der Waals surface area (Å²) in [5, 5.41) is 3.05. The fourth-order valence-corrected chi connectivity index (χ4v) is 9.83. The second-order valence-corrected chi connectivity index (χ2v) is 24.7. The summed E-state index contributed by atoms with van der Waals surface area (Å²) in [6.45, 7) is 6.85. The van der Waals surface area contributed by atoms with Gasteiger partial charge in [-0.1, -0.05) is 259 Å². The maximum Gasteiger partial charge on any atom is 0.472 e. The van der Waals surface area contributed by atoms with Crippen LogP contribution in [0.3, 0.4) is 0 Å². The highest BCUT2D eigenvalue weighted by Gasteiger charge is 2.30. The number of phosphoric acid groups is 1. The minimum Gasteiger partial charge on any atom is -0.456 e. The van der Waals surface area contributed by atoms with Gasteiger partial charge in [0, 0.05) is 12.8 Å². The number of amides is 1. The standard InChI is InChI=1S/C71H125N2O7P/c1-7-10-13-16-19-22-25-27-29-31-33-35-36-38-40-42-44-46-49-52-55-58-61-64-71(75)80-69(62-59-56-53-50-47-24-21-18-15-12-9-3)68(67-79-81(76,77)78-66-65-73(4,5)6)72-70(74)63-60-57-54-51-48-45-43-41-39-37-34-32-30-28-26-23-20-17-14-11-8-2/h11,14,19-20,22-23,27-30,33-35,37,41,43,59,62,68-69H,7-10,12-13,15-18,21,24-26,31-32,36,38-40,42,44-58,60-61,63-67H2,1-6H3,(H-,72,74,76,77)/p+1/b14-11-,22-19-,23-20-,29-27-,30-28-,35-33-,37-34-,43-41-,62-59+. The number of unbranched alkanes of at least 4 members (excludes halogenated alkanes) is 27. The van der Waals surface area contributed by atoms with Gasteiger partial charge < -0.3 is 19.4 Å². The molecule has 81 heavy (non-hydrogen) atoms. The first kappa shape index (κ1) is 77.7. The molecule has 0 aliphatic heterocycles. The molecule has 0 aliphatic carbocycles. The van der Waals surface area contributed by atoms with E-state index >= 15 is 0 Å². The van der Waals surface area contributed by atoms with Crippen molar-refractivity contribution in [1.82, 2.24) is 5.32 Å². The average Bonchev–Trinajstić information content (AvgIpc) is 3.44. The molecule has 466 valence electrons. The number of allylic oxidation sites excluding steroid dienone is 17. The van der Waals surface area contributed by atoms with Crippen LogP contribution in [-0.4, -0.2) is 74.3 Å². The van der Waals surface area contributed by atoms with Crippen LogP contribution in [0.2, 0.25) is 0 Å². The Hall–Kier alpha value is -3.33. The Labute approximate surface area is 500 Å². The van der Waals surface area contributed by atoms with Gasteiger partial charge in [-0.25, -0.2) is 4.57 Å². The SMILES string of the molecule is CC/C=C\C/C=C\C/C=C\C/C=C\C/C=C\CCCCCCCC(=O)NC(COP(=O)(O)OCC[N+](C)(C)C)C(/C=C/CCCCCCCCCCC)OC(=O)CCCCCCCCCCCC/C=C\C/C=C\C/C=C\CCCCC. The Morgan fingerprint density at radius 1 is 0.444 bits per heavy atom. The minimum atomic E-state index is -4.46. The summed E-state index contributed by atoms with van der Waals surface area (Å²) >= 11 is 0. The molecule has 0 saturated carbocycles. The van der Waals surface area contributed by atoms with Gasteiger partial charge in [0.15, 0.2) is 0 Å². The number of nitrogens with zero attached hydrogens (tertiary/aromatic N) is 1. The van der Waals surface area contributed by atoms with E-state index in [2.05, 4.69) is 123 Å². The molecule has 0 aromatic rings. The lowest BCUT2D eigenvalue weighted by molar-refractivity contribution is -0.870. The van der Waals surface area contributed by atoms with Gasteiger partial charge in [0.25, 0.3) is 0 Å². The van der Waals surface area contributed by atoms with Crippen molar-refractivity contribution in [1.29, 1.82) is 0 Å². The number of carbonyl (C=O) groups excluding carboxylic acids is 2. The number of quaternary nitrogens is 1. The average molecular weight is 1150 g/mol. The van der Waals surface area contributed by atoms with Gasteiger partial charge in [-0.2, -0.15) is 0 Å². The van der Waals surface area contributed by atoms with Crippen molar-refractivity contribution >= 4 is 19.7 Å². The molecule has 1 amide bonds. The van der Waals surface area contributed by atoms with E-state index in [0.29, 0.717) is 17.4 Å². The van der Waals surface area contributed by atoms with Crippen molar-refractivity contribution < 1.29 is 37.3 Å². The van der Waals surface area contributed by atoms with Gasteiger partial charge in [0.05, 0.1) is 33.8 Å². The monoisotopic (exact) mass is 1150 g/mol. The third-order valence-corrected chi connectivity index (χ3v) is 15.2. The van der Waals surface area contributed by atoms with Gasteiger partial charge in [-0.3, -0.25) is 18.6 Å². The number of carbonyl (C=O) groups is 2. The molecule has 0 aromatic heterocycles. The summed E-state index contributed by atoms with van der Waals surface area (Å²) < 4.78 is 30.7. The number of rotatable bonds is 59. The Morgan fingerprint density at radius 2 is 0.790 bits per heavy atom. The van der Waals surface area contributed by atoms with E-state index in [-0.39, 0.29) is 31.5 Å². The summed E-state index contributed by atoms with van der Waals surface area (Å²) in [6, 6.07) is -0.868. The fraction of sp³-hybridized carbons (Fsp3) is 0.718. The molecule has 3 unspecified atom stereocenters. The highest BCUT2D eigenvalue weighted by molar-refractivity contribution is 7.47. The lowest BCUT2D eigenvalue weighted by Gasteiger charge is -2.27. The van der Waals surface area contributed by atoms with E-state index < -0.39 is 20.0 Å². The number of nitrogens with one attached hydrogen (secondary N) is 1. The number of phosphoric ester groups is 1. The van der Waals surface area contributed by atoms with Crippen molar-refractivity contribution in [3.05, 3.63) is 109 Å². The van der Waals surface area contributed by atoms with Gasteiger partial charge in [-0.05, 0) is 115 Å². The van der Waals surface area contributed by atoms with Crippen LogP contribution in [0, 0.1) is 0 Å². The molecule has 0 rings (SSSR count). The van der Waals surface area contributed by atoms with Crippen molar-refractivity contribution in [2.45, 2.75) is 290 Å². The zero-order chi connectivity index (χ0) is 59.3. The number of hydrogen-bond acceptors (Lipinski definition) is 6. The second kappa shape index (κ2) is 59.8. The molecule has 0 radical (unpaired) electrons. The normalized spacial score (nSPS) is 14.3. The van der Waals surface area contributed by atoms with E-state index in [1.165, 1.54) is 122 Å². The summed E-state index contributed by atoms with van der Waals surface area (Å²) in [7, 11) is 1.47. The van der Waals surface area contributed by atoms with Crippen LogP contribution in [-0.2, 0) is 27.9 Å². The zero-order valence-electron chi connectivity index (χ0n) is 53.2. The highest BCUT2D eigenvalue weighted by atomic mass is 31.2. The maximum atomic E-state index is 13.6. The molecule has 3 atom stereocenters. The quantitative estimate of drug-likeness (QED) is 0.0205. The molecule has 0 spiro atoms. The Kier molecular flexibility index (Phi) is 57.4. The van der Waals surface area contributed by atoms with E-state index in [1.807, 2.05) is 33.3 Å². The molecule has 0 bridgehead atoms. The third kappa shape index (κ3) is 61.1. The van der Waals surface area contributed by atoms with Crippen LogP contribution in [0.1, 0.15) is 278 Å². The molecular formula is C71H126N2O7P+. The molecule has 0 heterocycles. The predicted molar refractivity (Wildman–Crippen MR) is 350 cm³/mol. The van der Waals surface area contributed by atoms with Gasteiger partial charge in [0.1, 0.15) is 19.3 Å². The van der Waals surface area contributed by atoms with Crippen LogP contribution in [0.4, 0.5) is 0 Å². The fourth-order valence-electron chi connectivity index (χ4n) is 9.09. The van der Waals surface area contributed by atoms with Crippen LogP contribution < -0.4 is 5.32 Å². The van der Waals surface area contributed by atoms with Crippen LogP contribution in [0.25, 0.3) is 0 Å². The van der Waals surface area contributed by atoms with Crippen molar-refractivity contribution in [2.75, 3.05) is 40.9 Å². The van der Waals surface area contributed by atoms with E-state index in [1.54, 1.807) is 0 Å². The number of hydrogen-bond donors (Lipinski definition) is 2. The second-order valence-electron chi connectivity index (χ2n) is 23.3. The number of esters is 1. The lowest BCUT2D eigenvalue weighted by Crippen LogP contribution is -2.47. The maximum absolute atomic E-state index is 13.6. The first-order valence-corrected chi connectivity index (χ1v) is 34.7. The zero-order valence-corrected chi connectivity index (χ0v) is 54.1. The molecular weight excluding hydrogens is 1020 g/mol. The van der Waals surface area contributed by atoms with Gasteiger partial charge in [-0.15, -0.1) is 0 Å². The highest BCUT2D eigenvalue weighted by Crippen LogP contribution is 2.43. The summed E-state index contributed by atoms with van der Waals surface area (Å²) in [6.07, 6.45) is 82.3. The lowest BCUT2D eigenvalue weighted by atomic mass is 10.0. The van der Waals surface area contributed by atoms with Crippen LogP contribution in [0.15, 0.2) is 109 Å². The molecule has 0 aliphatic rings. The summed E-state index contributed by atoms with van der Waals surface area (Å²) in [4.78, 5) is 37.8. The molecule has 0 fully saturated rings. The minimum absolute atomic E-state index is 0.0302. The van der Waals surface area contributed by atoms with Gasteiger partial charge in [0.2, 0.25) is 5.91 Å². The summed E-state index contributed by atoms with van der Waals surface area (Å²) in [5.41, 5.74) is 0. The molecule has 9 nitrogen and oxygen atoms in total. The molecule has 2 N–H and O–H groups in total. The van der Waals surface area contributed by atoms with Crippen molar-refractivity contribution in [2.24, 2.45) is 0 Å². The Balaban J connectivity index is 5.17. The first-order valence-electron chi connectivity index (χ1n) is 33.2. The third-order valence-electron chi connectivity index (χ3n) is 14.2.